The van der Waals surface area contributed by atoms with E-state index in [1.54, 1.807) is 0 Å². The summed E-state index contributed by atoms with van der Waals surface area (Å²) in [6, 6.07) is 35.1. The number of para-hydroxylation sites is 2. The van der Waals surface area contributed by atoms with Gasteiger partial charge in [0.15, 0.2) is 0 Å². The molecule has 4 aromatic rings. The van der Waals surface area contributed by atoms with E-state index >= 15 is 0 Å². The normalized spacial score (nSPS) is 15.9. The Morgan fingerprint density at radius 1 is 0.788 bits per heavy atom. The highest BCUT2D eigenvalue weighted by molar-refractivity contribution is 6.04. The van der Waals surface area contributed by atoms with Gasteiger partial charge < -0.3 is 4.74 Å². The highest BCUT2D eigenvalue weighted by Gasteiger charge is 2.26. The first-order chi connectivity index (χ1) is 16.3. The first-order valence-corrected chi connectivity index (χ1v) is 10.8. The summed E-state index contributed by atoms with van der Waals surface area (Å²) in [6.45, 7) is 0. The minimum Gasteiger partial charge on any atom is -0.485 e. The van der Waals surface area contributed by atoms with E-state index in [0.29, 0.717) is 17.8 Å². The Labute approximate surface area is 192 Å². The fraction of sp³-hybridized carbons (Fsp3) is 0.0714. The molecule has 1 aliphatic heterocycles. The topological polar surface area (TPSA) is 59.9 Å². The van der Waals surface area contributed by atoms with E-state index in [-0.39, 0.29) is 6.10 Å². The first kappa shape index (κ1) is 20.5. The van der Waals surface area contributed by atoms with Gasteiger partial charge >= 0.3 is 6.09 Å². The van der Waals surface area contributed by atoms with Crippen molar-refractivity contribution in [2.75, 3.05) is 5.32 Å². The Morgan fingerprint density at radius 2 is 1.42 bits per heavy atom. The van der Waals surface area contributed by atoms with Crippen LogP contribution in [0.4, 0.5) is 10.5 Å². The maximum Gasteiger partial charge on any atom is 0.437 e. The molecule has 1 amide bonds. The number of ether oxygens (including phenoxy) is 1. The van der Waals surface area contributed by atoms with Crippen LogP contribution in [0.15, 0.2) is 114 Å². The van der Waals surface area contributed by atoms with Gasteiger partial charge in [-0.25, -0.2) is 4.79 Å². The number of oxime groups is 1. The predicted molar refractivity (Wildman–Crippen MR) is 129 cm³/mol. The zero-order valence-electron chi connectivity index (χ0n) is 17.8. The zero-order chi connectivity index (χ0) is 22.5. The van der Waals surface area contributed by atoms with Crippen LogP contribution in [-0.4, -0.2) is 11.8 Å². The van der Waals surface area contributed by atoms with Crippen molar-refractivity contribution in [3.63, 3.8) is 0 Å². The smallest absolute Gasteiger partial charge is 0.437 e. The lowest BCUT2D eigenvalue weighted by Crippen LogP contribution is -2.22. The molecule has 1 atom stereocenters. The molecule has 33 heavy (non-hydrogen) atoms. The van der Waals surface area contributed by atoms with Crippen LogP contribution in [0.3, 0.4) is 0 Å². The summed E-state index contributed by atoms with van der Waals surface area (Å²) in [7, 11) is 0. The minimum absolute atomic E-state index is 0.203. The standard InChI is InChI=1S/C28H22N2O3/c31-28(29-24-17-9-7-15-22(24)20-11-3-1-4-12-20)33-30-25-19-27(21-13-5-2-6-14-21)32-26-18-10-8-16-23(25)26/h1-18,27H,19H2,(H,29,31). The van der Waals surface area contributed by atoms with E-state index in [2.05, 4.69) is 10.5 Å². The quantitative estimate of drug-likeness (QED) is 0.283. The predicted octanol–water partition coefficient (Wildman–Crippen LogP) is 6.83. The van der Waals surface area contributed by atoms with Crippen molar-refractivity contribution in [2.24, 2.45) is 5.16 Å². The number of carbonyl (C=O) groups is 1. The molecular weight excluding hydrogens is 412 g/mol. The molecule has 5 rings (SSSR count). The maximum absolute atomic E-state index is 12.6. The minimum atomic E-state index is -0.647. The number of amides is 1. The highest BCUT2D eigenvalue weighted by atomic mass is 16.7. The van der Waals surface area contributed by atoms with E-state index in [4.69, 9.17) is 9.57 Å². The summed E-state index contributed by atoms with van der Waals surface area (Å²) in [6.07, 6.45) is -0.356. The van der Waals surface area contributed by atoms with Crippen molar-refractivity contribution in [1.82, 2.24) is 0 Å². The molecular formula is C28H22N2O3. The van der Waals surface area contributed by atoms with E-state index in [1.807, 2.05) is 109 Å². The summed E-state index contributed by atoms with van der Waals surface area (Å²) in [5, 5.41) is 7.04. The summed E-state index contributed by atoms with van der Waals surface area (Å²) in [5.41, 5.74) is 5.09. The molecule has 1 aliphatic rings. The monoisotopic (exact) mass is 434 g/mol. The molecule has 0 bridgehead atoms. The molecule has 5 nitrogen and oxygen atoms in total. The van der Waals surface area contributed by atoms with Gasteiger partial charge in [-0.15, -0.1) is 0 Å². The zero-order valence-corrected chi connectivity index (χ0v) is 17.8. The van der Waals surface area contributed by atoms with Crippen LogP contribution >= 0.6 is 0 Å². The van der Waals surface area contributed by atoms with Gasteiger partial charge in [0, 0.05) is 17.5 Å². The molecule has 162 valence electrons. The molecule has 0 aliphatic carbocycles. The van der Waals surface area contributed by atoms with Crippen molar-refractivity contribution in [2.45, 2.75) is 12.5 Å². The number of fused-ring (bicyclic) bond motifs is 1. The summed E-state index contributed by atoms with van der Waals surface area (Å²) >= 11 is 0. The number of carbonyl (C=O) groups excluding carboxylic acids is 1. The molecule has 0 radical (unpaired) electrons. The SMILES string of the molecule is O=C(Nc1ccccc1-c1ccccc1)ON=C1CC(c2ccccc2)Oc2ccccc21. The molecule has 4 aromatic carbocycles. The summed E-state index contributed by atoms with van der Waals surface area (Å²) in [5.74, 6) is 0.717. The molecule has 0 saturated carbocycles. The van der Waals surface area contributed by atoms with Gasteiger partial charge in [0.25, 0.3) is 0 Å². The highest BCUT2D eigenvalue weighted by Crippen LogP contribution is 2.35. The van der Waals surface area contributed by atoms with Gasteiger partial charge in [0.1, 0.15) is 11.9 Å². The van der Waals surface area contributed by atoms with Crippen molar-refractivity contribution in [1.29, 1.82) is 0 Å². The van der Waals surface area contributed by atoms with Crippen molar-refractivity contribution < 1.29 is 14.4 Å². The lowest BCUT2D eigenvalue weighted by Gasteiger charge is -2.27. The maximum atomic E-state index is 12.6. The molecule has 0 aromatic heterocycles. The number of hydrogen-bond acceptors (Lipinski definition) is 4. The van der Waals surface area contributed by atoms with Crippen LogP contribution in [0.25, 0.3) is 11.1 Å². The molecule has 1 unspecified atom stereocenters. The lowest BCUT2D eigenvalue weighted by atomic mass is 9.96. The number of nitrogens with zero attached hydrogens (tertiary/aromatic N) is 1. The van der Waals surface area contributed by atoms with Gasteiger partial charge in [0.2, 0.25) is 0 Å². The van der Waals surface area contributed by atoms with Gasteiger partial charge in [-0.1, -0.05) is 96.2 Å². The molecule has 1 heterocycles. The number of nitrogens with one attached hydrogen (secondary N) is 1. The third-order valence-corrected chi connectivity index (χ3v) is 5.50. The number of benzene rings is 4. The van der Waals surface area contributed by atoms with Crippen molar-refractivity contribution in [3.8, 4) is 16.9 Å². The van der Waals surface area contributed by atoms with Crippen LogP contribution in [0.1, 0.15) is 23.7 Å². The molecule has 0 fully saturated rings. The Hall–Kier alpha value is -4.38. The molecule has 0 spiro atoms. The van der Waals surface area contributed by atoms with E-state index in [0.717, 1.165) is 28.0 Å². The van der Waals surface area contributed by atoms with Crippen LogP contribution in [-0.2, 0) is 4.84 Å². The third kappa shape index (κ3) is 4.62. The molecule has 5 heteroatoms. The lowest BCUT2D eigenvalue weighted by molar-refractivity contribution is 0.163. The Balaban J connectivity index is 1.36. The number of anilines is 1. The summed E-state index contributed by atoms with van der Waals surface area (Å²) in [4.78, 5) is 17.9. The molecule has 1 N–H and O–H groups in total. The molecule has 0 saturated heterocycles. The Kier molecular flexibility index (Phi) is 5.85. The van der Waals surface area contributed by atoms with Crippen molar-refractivity contribution in [3.05, 3.63) is 120 Å². The van der Waals surface area contributed by atoms with E-state index in [1.165, 1.54) is 0 Å². The average molecular weight is 434 g/mol. The van der Waals surface area contributed by atoms with Crippen LogP contribution < -0.4 is 10.1 Å². The fourth-order valence-corrected chi connectivity index (χ4v) is 3.92. The second-order valence-corrected chi connectivity index (χ2v) is 7.67. The number of rotatable bonds is 4. The van der Waals surface area contributed by atoms with Crippen LogP contribution in [0.2, 0.25) is 0 Å². The van der Waals surface area contributed by atoms with Gasteiger partial charge in [-0.05, 0) is 29.3 Å². The Bertz CT molecular complexity index is 1290. The largest absolute Gasteiger partial charge is 0.485 e. The second-order valence-electron chi connectivity index (χ2n) is 7.67. The van der Waals surface area contributed by atoms with Gasteiger partial charge in [0.05, 0.1) is 11.4 Å². The van der Waals surface area contributed by atoms with E-state index < -0.39 is 6.09 Å². The Morgan fingerprint density at radius 3 is 2.21 bits per heavy atom. The average Bonchev–Trinajstić information content (AvgIpc) is 2.88. The summed E-state index contributed by atoms with van der Waals surface area (Å²) < 4.78 is 6.18. The first-order valence-electron chi connectivity index (χ1n) is 10.8. The van der Waals surface area contributed by atoms with Crippen LogP contribution in [0, 0.1) is 0 Å². The van der Waals surface area contributed by atoms with Crippen molar-refractivity contribution >= 4 is 17.5 Å². The third-order valence-electron chi connectivity index (χ3n) is 5.50. The fourth-order valence-electron chi connectivity index (χ4n) is 3.92. The van der Waals surface area contributed by atoms with Gasteiger partial charge in [-0.2, -0.15) is 0 Å². The van der Waals surface area contributed by atoms with Gasteiger partial charge in [-0.3, -0.25) is 10.2 Å². The number of hydrogen-bond donors (Lipinski definition) is 1. The van der Waals surface area contributed by atoms with E-state index in [9.17, 15) is 4.79 Å². The van der Waals surface area contributed by atoms with Crippen LogP contribution in [0.5, 0.6) is 5.75 Å². The second kappa shape index (κ2) is 9.40.